The van der Waals surface area contributed by atoms with Gasteiger partial charge in [-0.2, -0.15) is 0 Å². The Morgan fingerprint density at radius 2 is 0.573 bits per heavy atom. The maximum atomic E-state index is 12.5. The Morgan fingerprint density at radius 1 is 0.329 bits per heavy atom. The summed E-state index contributed by atoms with van der Waals surface area (Å²) < 4.78 is 5.51. The van der Waals surface area contributed by atoms with E-state index < -0.39 is 12.1 Å². The minimum absolute atomic E-state index is 0.0204. The summed E-state index contributed by atoms with van der Waals surface area (Å²) in [4.78, 5) is 24.6. The average molecular weight is 1160 g/mol. The molecule has 0 rings (SSSR count). The maximum absolute atomic E-state index is 12.5. The topological polar surface area (TPSA) is 95.9 Å². The van der Waals surface area contributed by atoms with Crippen LogP contribution in [0.5, 0.6) is 0 Å². The molecule has 0 saturated carbocycles. The summed E-state index contributed by atoms with van der Waals surface area (Å²) >= 11 is 0. The van der Waals surface area contributed by atoms with E-state index in [1.54, 1.807) is 6.08 Å². The molecule has 0 aliphatic carbocycles. The van der Waals surface area contributed by atoms with Crippen molar-refractivity contribution in [2.45, 2.75) is 437 Å². The predicted octanol–water partition coefficient (Wildman–Crippen LogP) is 24.5. The lowest BCUT2D eigenvalue weighted by molar-refractivity contribution is -0.143. The standard InChI is InChI=1S/C76H147NO5/c1-3-5-7-9-11-13-15-17-19-21-22-33-37-40-44-48-52-56-60-64-68-74(79)73(72-78)77-75(80)69-65-61-57-53-49-45-41-38-34-31-29-27-25-23-24-26-28-30-32-35-39-43-47-51-55-59-63-67-71-82-76(81)70-66-62-58-54-50-46-42-36-20-18-16-14-12-10-8-6-4-2/h23-24,64,68,73-74,78-79H,3-22,25-63,65-67,69-72H2,1-2H3,(H,77,80)/b24-23-,68-64+. The molecule has 6 heteroatoms. The van der Waals surface area contributed by atoms with Gasteiger partial charge in [-0.05, 0) is 57.8 Å². The van der Waals surface area contributed by atoms with Gasteiger partial charge in [0.05, 0.1) is 25.4 Å². The highest BCUT2D eigenvalue weighted by Crippen LogP contribution is 2.19. The number of allylic oxidation sites excluding steroid dienone is 3. The van der Waals surface area contributed by atoms with E-state index in [-0.39, 0.29) is 18.5 Å². The summed E-state index contributed by atoms with van der Waals surface area (Å²) in [6.45, 7) is 4.95. The van der Waals surface area contributed by atoms with Crippen LogP contribution >= 0.6 is 0 Å². The molecule has 0 bridgehead atoms. The van der Waals surface area contributed by atoms with Crippen molar-refractivity contribution in [2.75, 3.05) is 13.2 Å². The Morgan fingerprint density at radius 3 is 0.866 bits per heavy atom. The Balaban J connectivity index is 3.38. The van der Waals surface area contributed by atoms with Crippen LogP contribution in [-0.4, -0.2) is 47.4 Å². The molecule has 6 nitrogen and oxygen atoms in total. The Kier molecular flexibility index (Phi) is 70.4. The molecule has 0 aromatic carbocycles. The van der Waals surface area contributed by atoms with E-state index in [4.69, 9.17) is 4.74 Å². The van der Waals surface area contributed by atoms with Gasteiger partial charge in [0.1, 0.15) is 0 Å². The molecule has 3 N–H and O–H groups in total. The van der Waals surface area contributed by atoms with Crippen LogP contribution in [0.1, 0.15) is 425 Å². The van der Waals surface area contributed by atoms with E-state index in [1.807, 2.05) is 6.08 Å². The SMILES string of the molecule is CCCCCCCCCCCCCCCCCCCC/C=C/C(O)C(CO)NC(=O)CCCCCCCCCCCCCC/C=C\CCCCCCCCCCCCCCOC(=O)CCCCCCCCCCCCCCCCCCC. The first-order valence-electron chi connectivity index (χ1n) is 37.6. The molecule has 0 spiro atoms. The zero-order valence-electron chi connectivity index (χ0n) is 55.8. The van der Waals surface area contributed by atoms with E-state index >= 15 is 0 Å². The molecule has 0 heterocycles. The van der Waals surface area contributed by atoms with E-state index in [0.717, 1.165) is 38.5 Å². The number of ether oxygens (including phenoxy) is 1. The van der Waals surface area contributed by atoms with Crippen molar-refractivity contribution in [1.29, 1.82) is 0 Å². The highest BCUT2D eigenvalue weighted by atomic mass is 16.5. The first kappa shape index (κ1) is 80.3. The molecule has 0 aliphatic rings. The van der Waals surface area contributed by atoms with Gasteiger partial charge in [-0.15, -0.1) is 0 Å². The van der Waals surface area contributed by atoms with E-state index in [2.05, 4.69) is 31.3 Å². The van der Waals surface area contributed by atoms with Gasteiger partial charge in [0.15, 0.2) is 0 Å². The molecule has 2 unspecified atom stereocenters. The van der Waals surface area contributed by atoms with Crippen LogP contribution in [0.4, 0.5) is 0 Å². The number of esters is 1. The third kappa shape index (κ3) is 67.5. The molecule has 2 atom stereocenters. The first-order chi connectivity index (χ1) is 40.5. The van der Waals surface area contributed by atoms with Gasteiger partial charge in [0.25, 0.3) is 0 Å². The van der Waals surface area contributed by atoms with Crippen LogP contribution in [0.25, 0.3) is 0 Å². The van der Waals surface area contributed by atoms with Crippen LogP contribution in [0.3, 0.4) is 0 Å². The van der Waals surface area contributed by atoms with Crippen molar-refractivity contribution in [2.24, 2.45) is 0 Å². The number of hydrogen-bond acceptors (Lipinski definition) is 5. The molecule has 0 radical (unpaired) electrons. The quantitative estimate of drug-likeness (QED) is 0.0320. The number of nitrogens with one attached hydrogen (secondary N) is 1. The third-order valence-electron chi connectivity index (χ3n) is 17.7. The number of amides is 1. The van der Waals surface area contributed by atoms with Gasteiger partial charge in [-0.3, -0.25) is 9.59 Å². The lowest BCUT2D eigenvalue weighted by Gasteiger charge is -2.20. The molecular formula is C76H147NO5. The molecule has 0 fully saturated rings. The monoisotopic (exact) mass is 1150 g/mol. The number of carbonyl (C=O) groups excluding carboxylic acids is 2. The largest absolute Gasteiger partial charge is 0.466 e. The molecule has 82 heavy (non-hydrogen) atoms. The van der Waals surface area contributed by atoms with Crippen LogP contribution in [0, 0.1) is 0 Å². The second-order valence-corrected chi connectivity index (χ2v) is 26.0. The summed E-state index contributed by atoms with van der Waals surface area (Å²) in [6, 6.07) is -0.629. The van der Waals surface area contributed by atoms with Crippen molar-refractivity contribution >= 4 is 11.9 Å². The molecule has 0 saturated heterocycles. The minimum Gasteiger partial charge on any atom is -0.466 e. The van der Waals surface area contributed by atoms with Crippen LogP contribution < -0.4 is 5.32 Å². The second-order valence-electron chi connectivity index (χ2n) is 26.0. The van der Waals surface area contributed by atoms with E-state index in [0.29, 0.717) is 19.4 Å². The first-order valence-corrected chi connectivity index (χ1v) is 37.6. The zero-order chi connectivity index (χ0) is 59.2. The van der Waals surface area contributed by atoms with Gasteiger partial charge < -0.3 is 20.3 Å². The fourth-order valence-corrected chi connectivity index (χ4v) is 12.0. The Bertz CT molecular complexity index is 1280. The lowest BCUT2D eigenvalue weighted by atomic mass is 10.0. The smallest absolute Gasteiger partial charge is 0.305 e. The lowest BCUT2D eigenvalue weighted by Crippen LogP contribution is -2.45. The Hall–Kier alpha value is -1.66. The second kappa shape index (κ2) is 71.8. The molecular weight excluding hydrogens is 1010 g/mol. The van der Waals surface area contributed by atoms with Gasteiger partial charge >= 0.3 is 5.97 Å². The van der Waals surface area contributed by atoms with Crippen molar-refractivity contribution in [3.8, 4) is 0 Å². The molecule has 0 aromatic rings. The summed E-state index contributed by atoms with van der Waals surface area (Å²) in [6.07, 6.45) is 91.3. The molecule has 486 valence electrons. The van der Waals surface area contributed by atoms with Crippen LogP contribution in [-0.2, 0) is 14.3 Å². The summed E-state index contributed by atoms with van der Waals surface area (Å²) in [5, 5.41) is 23.3. The highest BCUT2D eigenvalue weighted by Gasteiger charge is 2.18. The number of carbonyl (C=O) groups is 2. The molecule has 0 aromatic heterocycles. The van der Waals surface area contributed by atoms with Crippen molar-refractivity contribution in [1.82, 2.24) is 5.32 Å². The van der Waals surface area contributed by atoms with Crippen molar-refractivity contribution in [3.63, 3.8) is 0 Å². The van der Waals surface area contributed by atoms with Gasteiger partial charge in [-0.25, -0.2) is 0 Å². The molecule has 0 aliphatic heterocycles. The Labute approximate surface area is 513 Å². The zero-order valence-corrected chi connectivity index (χ0v) is 55.8. The highest BCUT2D eigenvalue weighted by molar-refractivity contribution is 5.76. The fraction of sp³-hybridized carbons (Fsp3) is 0.921. The summed E-state index contributed by atoms with van der Waals surface area (Å²) in [7, 11) is 0. The van der Waals surface area contributed by atoms with E-state index in [1.165, 1.54) is 360 Å². The predicted molar refractivity (Wildman–Crippen MR) is 361 cm³/mol. The number of hydrogen-bond donors (Lipinski definition) is 3. The minimum atomic E-state index is -0.845. The number of aliphatic hydroxyl groups excluding tert-OH is 2. The summed E-state index contributed by atoms with van der Waals surface area (Å²) in [5.41, 5.74) is 0. The summed E-state index contributed by atoms with van der Waals surface area (Å²) in [5.74, 6) is -0.0433. The van der Waals surface area contributed by atoms with E-state index in [9.17, 15) is 19.8 Å². The van der Waals surface area contributed by atoms with Crippen LogP contribution in [0.15, 0.2) is 24.3 Å². The van der Waals surface area contributed by atoms with Crippen molar-refractivity contribution in [3.05, 3.63) is 24.3 Å². The fourth-order valence-electron chi connectivity index (χ4n) is 12.0. The van der Waals surface area contributed by atoms with Gasteiger partial charge in [0, 0.05) is 12.8 Å². The van der Waals surface area contributed by atoms with Gasteiger partial charge in [-0.1, -0.05) is 378 Å². The third-order valence-corrected chi connectivity index (χ3v) is 17.7. The molecule has 1 amide bonds. The average Bonchev–Trinajstić information content (AvgIpc) is 3.48. The number of aliphatic hydroxyl groups is 2. The number of rotatable bonds is 71. The van der Waals surface area contributed by atoms with Crippen LogP contribution in [0.2, 0.25) is 0 Å². The van der Waals surface area contributed by atoms with Crippen molar-refractivity contribution < 1.29 is 24.5 Å². The normalized spacial score (nSPS) is 12.6. The number of unbranched alkanes of at least 4 members (excludes halogenated alkanes) is 58. The van der Waals surface area contributed by atoms with Gasteiger partial charge in [0.2, 0.25) is 5.91 Å². The maximum Gasteiger partial charge on any atom is 0.305 e.